The molecular formula is C9H16O5. The highest BCUT2D eigenvalue weighted by Crippen LogP contribution is 2.13. The van der Waals surface area contributed by atoms with E-state index in [0.29, 0.717) is 5.57 Å². The second-order valence-electron chi connectivity index (χ2n) is 3.31. The number of allylic oxidation sites excluding steroid dienone is 1. The van der Waals surface area contributed by atoms with Crippen molar-refractivity contribution in [2.24, 2.45) is 0 Å². The fourth-order valence-corrected chi connectivity index (χ4v) is 1.14. The molecule has 4 N–H and O–H groups in total. The molecule has 0 saturated carbocycles. The number of hydrogen-bond acceptors (Lipinski definition) is 4. The van der Waals surface area contributed by atoms with Crippen LogP contribution in [0.4, 0.5) is 0 Å². The average molecular weight is 204 g/mol. The minimum atomic E-state index is -1.25. The third-order valence-corrected chi connectivity index (χ3v) is 1.81. The van der Waals surface area contributed by atoms with Crippen LogP contribution in [0.3, 0.4) is 0 Å². The van der Waals surface area contributed by atoms with Gasteiger partial charge in [-0.2, -0.15) is 0 Å². The highest BCUT2D eigenvalue weighted by Gasteiger charge is 2.21. The van der Waals surface area contributed by atoms with Gasteiger partial charge in [-0.1, -0.05) is 5.57 Å². The minimum absolute atomic E-state index is 0.127. The molecule has 0 aromatic carbocycles. The van der Waals surface area contributed by atoms with E-state index < -0.39 is 24.8 Å². The van der Waals surface area contributed by atoms with Gasteiger partial charge < -0.3 is 20.4 Å². The van der Waals surface area contributed by atoms with E-state index in [9.17, 15) is 9.90 Å². The lowest BCUT2D eigenvalue weighted by Gasteiger charge is -2.15. The third-order valence-electron chi connectivity index (χ3n) is 1.81. The Hall–Kier alpha value is -0.910. The van der Waals surface area contributed by atoms with Crippen LogP contribution >= 0.6 is 0 Å². The molecule has 0 aliphatic carbocycles. The Bertz CT molecular complexity index is 229. The molecule has 0 saturated heterocycles. The molecule has 0 spiro atoms. The van der Waals surface area contributed by atoms with E-state index >= 15 is 0 Å². The zero-order chi connectivity index (χ0) is 11.3. The van der Waals surface area contributed by atoms with Gasteiger partial charge in [-0.3, -0.25) is 0 Å². The molecule has 0 amide bonds. The van der Waals surface area contributed by atoms with Crippen molar-refractivity contribution in [2.75, 3.05) is 6.61 Å². The van der Waals surface area contributed by atoms with E-state index in [4.69, 9.17) is 15.3 Å². The van der Waals surface area contributed by atoms with Gasteiger partial charge in [0.2, 0.25) is 0 Å². The molecular weight excluding hydrogens is 188 g/mol. The van der Waals surface area contributed by atoms with E-state index in [1.165, 1.54) is 0 Å². The molecule has 0 bridgehead atoms. The van der Waals surface area contributed by atoms with Crippen LogP contribution in [0.25, 0.3) is 0 Å². The van der Waals surface area contributed by atoms with Crippen molar-refractivity contribution in [1.82, 2.24) is 0 Å². The summed E-state index contributed by atoms with van der Waals surface area (Å²) in [5.74, 6) is -1.21. The first-order chi connectivity index (χ1) is 6.40. The SMILES string of the molecule is CC(C)=C(C(=O)O)C(O)CC(O)CO. The third kappa shape index (κ3) is 3.87. The summed E-state index contributed by atoms with van der Waals surface area (Å²) in [6.45, 7) is 2.64. The average Bonchev–Trinajstić information content (AvgIpc) is 2.02. The fraction of sp³-hybridized carbons (Fsp3) is 0.667. The lowest BCUT2D eigenvalue weighted by atomic mass is 10.00. The highest BCUT2D eigenvalue weighted by atomic mass is 16.4. The molecule has 0 rings (SSSR count). The van der Waals surface area contributed by atoms with Gasteiger partial charge >= 0.3 is 5.97 Å². The lowest BCUT2D eigenvalue weighted by molar-refractivity contribution is -0.134. The standard InChI is InChI=1S/C9H16O5/c1-5(2)8(9(13)14)7(12)3-6(11)4-10/h6-7,10-12H,3-4H2,1-2H3,(H,13,14). The number of carboxylic acid groups (broad SMARTS) is 1. The molecule has 0 fully saturated rings. The Morgan fingerprint density at radius 3 is 2.07 bits per heavy atom. The van der Waals surface area contributed by atoms with E-state index in [0.717, 1.165) is 0 Å². The second-order valence-corrected chi connectivity index (χ2v) is 3.31. The zero-order valence-corrected chi connectivity index (χ0v) is 8.27. The van der Waals surface area contributed by atoms with Crippen molar-refractivity contribution in [2.45, 2.75) is 32.5 Å². The number of hydrogen-bond donors (Lipinski definition) is 4. The smallest absolute Gasteiger partial charge is 0.334 e. The van der Waals surface area contributed by atoms with Crippen LogP contribution < -0.4 is 0 Å². The van der Waals surface area contributed by atoms with Crippen molar-refractivity contribution in [3.8, 4) is 0 Å². The van der Waals surface area contributed by atoms with Gasteiger partial charge in [-0.25, -0.2) is 4.79 Å². The van der Waals surface area contributed by atoms with Gasteiger partial charge in [0, 0.05) is 6.42 Å². The van der Waals surface area contributed by atoms with Gasteiger partial charge in [0.25, 0.3) is 0 Å². The predicted molar refractivity (Wildman–Crippen MR) is 49.7 cm³/mol. The topological polar surface area (TPSA) is 98.0 Å². The van der Waals surface area contributed by atoms with Crippen molar-refractivity contribution in [1.29, 1.82) is 0 Å². The number of carboxylic acids is 1. The minimum Gasteiger partial charge on any atom is -0.478 e. The summed E-state index contributed by atoms with van der Waals surface area (Å²) in [6, 6.07) is 0. The number of aliphatic hydroxyl groups is 3. The van der Waals surface area contributed by atoms with Crippen molar-refractivity contribution in [3.05, 3.63) is 11.1 Å². The van der Waals surface area contributed by atoms with Gasteiger partial charge in [-0.05, 0) is 13.8 Å². The van der Waals surface area contributed by atoms with E-state index in [-0.39, 0.29) is 12.0 Å². The molecule has 0 aliphatic heterocycles. The summed E-state index contributed by atoms with van der Waals surface area (Å²) in [4.78, 5) is 10.7. The maximum absolute atomic E-state index is 10.7. The molecule has 82 valence electrons. The summed E-state index contributed by atoms with van der Waals surface area (Å²) < 4.78 is 0. The van der Waals surface area contributed by atoms with E-state index in [1.807, 2.05) is 0 Å². The number of aliphatic carboxylic acids is 1. The zero-order valence-electron chi connectivity index (χ0n) is 8.27. The molecule has 5 nitrogen and oxygen atoms in total. The predicted octanol–water partition coefficient (Wildman–Crippen LogP) is -0.488. The summed E-state index contributed by atoms with van der Waals surface area (Å²) in [5, 5.41) is 35.7. The molecule has 2 unspecified atom stereocenters. The maximum atomic E-state index is 10.7. The molecule has 5 heteroatoms. The fourth-order valence-electron chi connectivity index (χ4n) is 1.14. The van der Waals surface area contributed by atoms with E-state index in [1.54, 1.807) is 13.8 Å². The summed E-state index contributed by atoms with van der Waals surface area (Å²) in [6.07, 6.45) is -2.53. The van der Waals surface area contributed by atoms with Gasteiger partial charge in [-0.15, -0.1) is 0 Å². The molecule has 0 aromatic heterocycles. The van der Waals surface area contributed by atoms with Crippen LogP contribution in [0, 0.1) is 0 Å². The van der Waals surface area contributed by atoms with Crippen LogP contribution in [0.2, 0.25) is 0 Å². The number of aliphatic hydroxyl groups excluding tert-OH is 3. The monoisotopic (exact) mass is 204 g/mol. The summed E-state index contributed by atoms with van der Waals surface area (Å²) >= 11 is 0. The van der Waals surface area contributed by atoms with Gasteiger partial charge in [0.15, 0.2) is 0 Å². The van der Waals surface area contributed by atoms with Gasteiger partial charge in [0.1, 0.15) is 0 Å². The quantitative estimate of drug-likeness (QED) is 0.453. The normalized spacial score (nSPS) is 14.6. The Kier molecular flexibility index (Phi) is 5.37. The Morgan fingerprint density at radius 2 is 1.79 bits per heavy atom. The van der Waals surface area contributed by atoms with E-state index in [2.05, 4.69) is 0 Å². The first-order valence-corrected chi connectivity index (χ1v) is 4.27. The van der Waals surface area contributed by atoms with Crippen LogP contribution in [0.1, 0.15) is 20.3 Å². The van der Waals surface area contributed by atoms with Crippen molar-refractivity contribution >= 4 is 5.97 Å². The summed E-state index contributed by atoms with van der Waals surface area (Å²) in [5.41, 5.74) is 0.354. The van der Waals surface area contributed by atoms with Crippen molar-refractivity contribution in [3.63, 3.8) is 0 Å². The first kappa shape index (κ1) is 13.1. The first-order valence-electron chi connectivity index (χ1n) is 4.27. The van der Waals surface area contributed by atoms with Gasteiger partial charge in [0.05, 0.1) is 24.4 Å². The Morgan fingerprint density at radius 1 is 1.29 bits per heavy atom. The van der Waals surface area contributed by atoms with Crippen molar-refractivity contribution < 1.29 is 25.2 Å². The second kappa shape index (κ2) is 5.74. The maximum Gasteiger partial charge on any atom is 0.334 e. The molecule has 0 radical (unpaired) electrons. The molecule has 0 aromatic rings. The molecule has 14 heavy (non-hydrogen) atoms. The molecule has 0 aliphatic rings. The Balaban J connectivity index is 4.56. The largest absolute Gasteiger partial charge is 0.478 e. The lowest BCUT2D eigenvalue weighted by Crippen LogP contribution is -2.26. The molecule has 2 atom stereocenters. The summed E-state index contributed by atoms with van der Waals surface area (Å²) in [7, 11) is 0. The Labute approximate surface area is 82.3 Å². The van der Waals surface area contributed by atoms with Crippen LogP contribution in [0.15, 0.2) is 11.1 Å². The van der Waals surface area contributed by atoms with Crippen LogP contribution in [-0.2, 0) is 4.79 Å². The van der Waals surface area contributed by atoms with Crippen LogP contribution in [-0.4, -0.2) is 45.2 Å². The molecule has 0 heterocycles. The van der Waals surface area contributed by atoms with Crippen LogP contribution in [0.5, 0.6) is 0 Å². The highest BCUT2D eigenvalue weighted by molar-refractivity contribution is 5.88. The number of carbonyl (C=O) groups is 1. The number of rotatable bonds is 5.